The van der Waals surface area contributed by atoms with Crippen molar-refractivity contribution in [3.63, 3.8) is 0 Å². The summed E-state index contributed by atoms with van der Waals surface area (Å²) in [4.78, 5) is 27.2. The first-order valence-electron chi connectivity index (χ1n) is 11.5. The Balaban J connectivity index is 1.39. The second kappa shape index (κ2) is 9.10. The number of carbonyl (C=O) groups is 1. The predicted octanol–water partition coefficient (Wildman–Crippen LogP) is 4.32. The van der Waals surface area contributed by atoms with E-state index in [2.05, 4.69) is 34.2 Å². The molecule has 1 fully saturated rings. The fourth-order valence-corrected chi connectivity index (χ4v) is 4.60. The van der Waals surface area contributed by atoms with E-state index in [-0.39, 0.29) is 5.78 Å². The smallest absolute Gasteiger partial charge is 0.227 e. The van der Waals surface area contributed by atoms with Crippen LogP contribution in [0.2, 0.25) is 0 Å². The van der Waals surface area contributed by atoms with Gasteiger partial charge in [-0.3, -0.25) is 4.79 Å². The van der Waals surface area contributed by atoms with Crippen LogP contribution >= 0.6 is 0 Å². The van der Waals surface area contributed by atoms with Gasteiger partial charge in [0.25, 0.3) is 0 Å². The molecule has 7 heteroatoms. The summed E-state index contributed by atoms with van der Waals surface area (Å²) in [6, 6.07) is 18.1. The molecule has 1 saturated heterocycles. The van der Waals surface area contributed by atoms with E-state index in [1.165, 1.54) is 5.69 Å². The van der Waals surface area contributed by atoms with E-state index < -0.39 is 0 Å². The molecular formula is C26H29N5O2. The van der Waals surface area contributed by atoms with Gasteiger partial charge in [0, 0.05) is 44.0 Å². The molecule has 1 atom stereocenters. The van der Waals surface area contributed by atoms with Crippen LogP contribution in [0, 0.1) is 5.92 Å². The maximum Gasteiger partial charge on any atom is 0.227 e. The van der Waals surface area contributed by atoms with Gasteiger partial charge in [-0.25, -0.2) is 4.98 Å². The molecule has 0 amide bonds. The molecule has 0 bridgehead atoms. The Kier molecular flexibility index (Phi) is 5.86. The van der Waals surface area contributed by atoms with Gasteiger partial charge in [0.15, 0.2) is 5.78 Å². The molecule has 1 N–H and O–H groups in total. The summed E-state index contributed by atoms with van der Waals surface area (Å²) in [5.74, 6) is 2.60. The van der Waals surface area contributed by atoms with Crippen molar-refractivity contribution >= 4 is 28.9 Å². The third-order valence-corrected chi connectivity index (χ3v) is 6.36. The first-order valence-corrected chi connectivity index (χ1v) is 11.5. The Morgan fingerprint density at radius 2 is 1.61 bits per heavy atom. The van der Waals surface area contributed by atoms with Gasteiger partial charge in [-0.05, 0) is 48.7 Å². The number of piperazine rings is 1. The van der Waals surface area contributed by atoms with Gasteiger partial charge in [-0.2, -0.15) is 4.98 Å². The molecule has 5 rings (SSSR count). The van der Waals surface area contributed by atoms with E-state index >= 15 is 0 Å². The molecule has 1 aliphatic carbocycles. The Morgan fingerprint density at radius 1 is 0.909 bits per heavy atom. The number of Topliss-reactive ketones (excluding diaryl/α,β-unsaturated/α-hetero) is 1. The van der Waals surface area contributed by atoms with E-state index in [9.17, 15) is 4.79 Å². The fraction of sp³-hybridized carbons (Fsp3) is 0.346. The number of nitrogens with zero attached hydrogens (tertiary/aromatic N) is 4. The fourth-order valence-electron chi connectivity index (χ4n) is 4.60. The lowest BCUT2D eigenvalue weighted by Gasteiger charge is -2.36. The molecule has 7 nitrogen and oxygen atoms in total. The second-order valence-corrected chi connectivity index (χ2v) is 8.79. The van der Waals surface area contributed by atoms with Crippen molar-refractivity contribution < 1.29 is 9.53 Å². The van der Waals surface area contributed by atoms with Gasteiger partial charge in [-0.15, -0.1) is 0 Å². The third kappa shape index (κ3) is 4.49. The SMILES string of the molecule is COc1ccc(N2CCN(c3nc4c(c(Nc5ccccc5)n3)C(=O)CC(C)C4)CC2)cc1. The molecule has 2 aromatic carbocycles. The van der Waals surface area contributed by atoms with Crippen LogP contribution in [0.5, 0.6) is 5.75 Å². The topological polar surface area (TPSA) is 70.6 Å². The summed E-state index contributed by atoms with van der Waals surface area (Å²) in [5, 5.41) is 3.38. The van der Waals surface area contributed by atoms with Crippen molar-refractivity contribution in [2.24, 2.45) is 5.92 Å². The maximum absolute atomic E-state index is 12.9. The zero-order chi connectivity index (χ0) is 22.8. The van der Waals surface area contributed by atoms with Gasteiger partial charge in [0.2, 0.25) is 5.95 Å². The average molecular weight is 444 g/mol. The Morgan fingerprint density at radius 3 is 2.30 bits per heavy atom. The third-order valence-electron chi connectivity index (χ3n) is 6.36. The zero-order valence-corrected chi connectivity index (χ0v) is 19.1. The number of rotatable bonds is 5. The van der Waals surface area contributed by atoms with Crippen molar-refractivity contribution in [1.29, 1.82) is 0 Å². The quantitative estimate of drug-likeness (QED) is 0.630. The molecule has 1 aromatic heterocycles. The number of ketones is 1. The molecule has 170 valence electrons. The average Bonchev–Trinajstić information content (AvgIpc) is 2.84. The molecule has 2 aliphatic rings. The highest BCUT2D eigenvalue weighted by Crippen LogP contribution is 2.32. The predicted molar refractivity (Wildman–Crippen MR) is 131 cm³/mol. The number of ether oxygens (including phenoxy) is 1. The lowest BCUT2D eigenvalue weighted by atomic mass is 9.87. The number of nitrogens with one attached hydrogen (secondary N) is 1. The van der Waals surface area contributed by atoms with E-state index in [1.54, 1.807) is 7.11 Å². The number of carbonyl (C=O) groups excluding carboxylic acids is 1. The maximum atomic E-state index is 12.9. The van der Waals surface area contributed by atoms with Crippen LogP contribution in [0.25, 0.3) is 0 Å². The van der Waals surface area contributed by atoms with Gasteiger partial charge < -0.3 is 19.9 Å². The zero-order valence-electron chi connectivity index (χ0n) is 19.1. The van der Waals surface area contributed by atoms with Gasteiger partial charge in [-0.1, -0.05) is 25.1 Å². The number of fused-ring (bicyclic) bond motifs is 1. The largest absolute Gasteiger partial charge is 0.497 e. The number of benzene rings is 2. The van der Waals surface area contributed by atoms with E-state index in [0.29, 0.717) is 29.7 Å². The number of anilines is 4. The number of para-hydroxylation sites is 1. The van der Waals surface area contributed by atoms with Crippen molar-refractivity contribution in [2.45, 2.75) is 19.8 Å². The number of aromatic nitrogens is 2. The molecule has 1 unspecified atom stereocenters. The highest BCUT2D eigenvalue weighted by molar-refractivity contribution is 6.03. The first kappa shape index (κ1) is 21.2. The van der Waals surface area contributed by atoms with E-state index in [4.69, 9.17) is 14.7 Å². The minimum absolute atomic E-state index is 0.123. The molecular weight excluding hydrogens is 414 g/mol. The molecule has 3 aromatic rings. The first-order chi connectivity index (χ1) is 16.1. The van der Waals surface area contributed by atoms with Crippen LogP contribution in [-0.2, 0) is 6.42 Å². The lowest BCUT2D eigenvalue weighted by Crippen LogP contribution is -2.47. The van der Waals surface area contributed by atoms with Gasteiger partial charge in [0.05, 0.1) is 18.4 Å². The summed E-state index contributed by atoms with van der Waals surface area (Å²) in [6.07, 6.45) is 1.34. The Bertz CT molecular complexity index is 1130. The van der Waals surface area contributed by atoms with Gasteiger partial charge in [0.1, 0.15) is 11.6 Å². The number of hydrogen-bond donors (Lipinski definition) is 1. The minimum Gasteiger partial charge on any atom is -0.497 e. The molecule has 33 heavy (non-hydrogen) atoms. The monoisotopic (exact) mass is 443 g/mol. The number of methoxy groups -OCH3 is 1. The van der Waals surface area contributed by atoms with Crippen LogP contribution in [0.1, 0.15) is 29.4 Å². The highest BCUT2D eigenvalue weighted by atomic mass is 16.5. The van der Waals surface area contributed by atoms with Crippen LogP contribution < -0.4 is 19.9 Å². The van der Waals surface area contributed by atoms with Crippen molar-refractivity contribution in [3.05, 3.63) is 65.9 Å². The van der Waals surface area contributed by atoms with E-state index in [0.717, 1.165) is 49.7 Å². The molecule has 1 aliphatic heterocycles. The summed E-state index contributed by atoms with van der Waals surface area (Å²) in [6.45, 7) is 5.51. The van der Waals surface area contributed by atoms with E-state index in [1.807, 2.05) is 42.5 Å². The van der Waals surface area contributed by atoms with Crippen molar-refractivity contribution in [2.75, 3.05) is 48.4 Å². The highest BCUT2D eigenvalue weighted by Gasteiger charge is 2.30. The lowest BCUT2D eigenvalue weighted by molar-refractivity contribution is 0.0952. The Hall–Kier alpha value is -3.61. The van der Waals surface area contributed by atoms with Crippen LogP contribution in [0.4, 0.5) is 23.1 Å². The van der Waals surface area contributed by atoms with Crippen LogP contribution in [-0.4, -0.2) is 49.0 Å². The summed E-state index contributed by atoms with van der Waals surface area (Å²) in [7, 11) is 1.68. The second-order valence-electron chi connectivity index (χ2n) is 8.79. The summed E-state index contributed by atoms with van der Waals surface area (Å²) < 4.78 is 5.27. The molecule has 0 radical (unpaired) electrons. The molecule has 2 heterocycles. The van der Waals surface area contributed by atoms with Crippen LogP contribution in [0.15, 0.2) is 54.6 Å². The standard InChI is InChI=1S/C26H29N5O2/c1-18-16-22-24(23(32)17-18)25(27-19-6-4-3-5-7-19)29-26(28-22)31-14-12-30(13-15-31)20-8-10-21(33-2)11-9-20/h3-11,18H,12-17H2,1-2H3,(H,27,28,29). The van der Waals surface area contributed by atoms with Crippen molar-refractivity contribution in [1.82, 2.24) is 9.97 Å². The molecule has 0 saturated carbocycles. The minimum atomic E-state index is 0.123. The molecule has 0 spiro atoms. The normalized spacial score (nSPS) is 18.1. The summed E-state index contributed by atoms with van der Waals surface area (Å²) in [5.41, 5.74) is 3.62. The summed E-state index contributed by atoms with van der Waals surface area (Å²) >= 11 is 0. The van der Waals surface area contributed by atoms with Crippen molar-refractivity contribution in [3.8, 4) is 5.75 Å². The number of hydrogen-bond acceptors (Lipinski definition) is 7. The van der Waals surface area contributed by atoms with Gasteiger partial charge >= 0.3 is 0 Å². The Labute approximate surface area is 194 Å². The van der Waals surface area contributed by atoms with Crippen LogP contribution in [0.3, 0.4) is 0 Å².